The molecule has 4 rings (SSSR count). The monoisotopic (exact) mass is 510 g/mol. The van der Waals surface area contributed by atoms with Crippen LogP contribution in [0.4, 0.5) is 5.82 Å². The topological polar surface area (TPSA) is 111 Å². The van der Waals surface area contributed by atoms with Crippen LogP contribution in [-0.4, -0.2) is 60.4 Å². The Morgan fingerprint density at radius 3 is 2.36 bits per heavy atom. The summed E-state index contributed by atoms with van der Waals surface area (Å²) in [5.74, 6) is -0.0273. The smallest absolute Gasteiger partial charge is 0.355 e. The van der Waals surface area contributed by atoms with Gasteiger partial charge in [-0.3, -0.25) is 4.79 Å². The SMILES string of the molecule is COC(=O)c1cc(-c2cc(NC3CCN(C(C)=O)CC3)ncc2C)cn1S(=O)(=O)c1ccc(C)cc1. The fourth-order valence-corrected chi connectivity index (χ4v) is 5.67. The highest BCUT2D eigenvalue weighted by molar-refractivity contribution is 7.90. The van der Waals surface area contributed by atoms with E-state index in [1.54, 1.807) is 25.3 Å². The number of hydrogen-bond acceptors (Lipinski definition) is 7. The first-order chi connectivity index (χ1) is 17.1. The summed E-state index contributed by atoms with van der Waals surface area (Å²) in [7, 11) is -2.82. The Hall–Kier alpha value is -3.66. The molecular formula is C26H30N4O5S. The number of aryl methyl sites for hydroxylation is 2. The summed E-state index contributed by atoms with van der Waals surface area (Å²) in [6.45, 7) is 6.70. The van der Waals surface area contributed by atoms with E-state index in [-0.39, 0.29) is 22.5 Å². The second-order valence-corrected chi connectivity index (χ2v) is 10.8. The first kappa shape index (κ1) is 25.4. The molecule has 2 aromatic heterocycles. The number of pyridine rings is 1. The van der Waals surface area contributed by atoms with Crippen LogP contribution in [0, 0.1) is 13.8 Å². The molecule has 1 aliphatic heterocycles. The van der Waals surface area contributed by atoms with E-state index in [1.807, 2.05) is 24.8 Å². The number of hydrogen-bond donors (Lipinski definition) is 1. The van der Waals surface area contributed by atoms with Gasteiger partial charge in [0.2, 0.25) is 5.91 Å². The zero-order valence-electron chi connectivity index (χ0n) is 20.8. The number of esters is 1. The van der Waals surface area contributed by atoms with Crippen molar-refractivity contribution in [1.29, 1.82) is 0 Å². The quantitative estimate of drug-likeness (QED) is 0.504. The van der Waals surface area contributed by atoms with Gasteiger partial charge in [0.1, 0.15) is 11.5 Å². The highest BCUT2D eigenvalue weighted by atomic mass is 32.2. The maximum atomic E-state index is 13.4. The maximum absolute atomic E-state index is 13.4. The van der Waals surface area contributed by atoms with Crippen LogP contribution in [0.3, 0.4) is 0 Å². The lowest BCUT2D eigenvalue weighted by atomic mass is 10.0. The van der Waals surface area contributed by atoms with Crippen LogP contribution in [-0.2, 0) is 19.6 Å². The molecule has 0 saturated carbocycles. The molecule has 0 spiro atoms. The Morgan fingerprint density at radius 1 is 1.08 bits per heavy atom. The predicted molar refractivity (Wildman–Crippen MR) is 136 cm³/mol. The Balaban J connectivity index is 1.68. The summed E-state index contributed by atoms with van der Waals surface area (Å²) in [6.07, 6.45) is 4.77. The number of carbonyl (C=O) groups excluding carboxylic acids is 2. The van der Waals surface area contributed by atoms with Crippen LogP contribution in [0.2, 0.25) is 0 Å². The summed E-state index contributed by atoms with van der Waals surface area (Å²) < 4.78 is 32.7. The predicted octanol–water partition coefficient (Wildman–Crippen LogP) is 3.61. The molecule has 0 radical (unpaired) electrons. The number of methoxy groups -OCH3 is 1. The van der Waals surface area contributed by atoms with E-state index >= 15 is 0 Å². The number of rotatable bonds is 6. The van der Waals surface area contributed by atoms with Gasteiger partial charge in [0.05, 0.1) is 12.0 Å². The molecule has 1 fully saturated rings. The molecular weight excluding hydrogens is 480 g/mol. The van der Waals surface area contributed by atoms with Crippen molar-refractivity contribution in [2.24, 2.45) is 0 Å². The van der Waals surface area contributed by atoms with Gasteiger partial charge >= 0.3 is 5.97 Å². The van der Waals surface area contributed by atoms with Crippen molar-refractivity contribution in [1.82, 2.24) is 13.9 Å². The fraction of sp³-hybridized carbons (Fsp3) is 0.346. The van der Waals surface area contributed by atoms with Crippen LogP contribution in [0.5, 0.6) is 0 Å². The summed E-state index contributed by atoms with van der Waals surface area (Å²) in [4.78, 5) is 30.5. The lowest BCUT2D eigenvalue weighted by Crippen LogP contribution is -2.41. The van der Waals surface area contributed by atoms with Crippen LogP contribution in [0.1, 0.15) is 41.4 Å². The van der Waals surface area contributed by atoms with Gasteiger partial charge in [-0.15, -0.1) is 0 Å². The van der Waals surface area contributed by atoms with Gasteiger partial charge in [-0.05, 0) is 62.1 Å². The lowest BCUT2D eigenvalue weighted by Gasteiger charge is -2.32. The van der Waals surface area contributed by atoms with Gasteiger partial charge in [0, 0.05) is 44.0 Å². The minimum absolute atomic E-state index is 0.0751. The highest BCUT2D eigenvalue weighted by Gasteiger charge is 2.26. The molecule has 9 nitrogen and oxygen atoms in total. The summed E-state index contributed by atoms with van der Waals surface area (Å²) in [6, 6.07) is 9.99. The van der Waals surface area contributed by atoms with E-state index in [9.17, 15) is 18.0 Å². The summed E-state index contributed by atoms with van der Waals surface area (Å²) in [5.41, 5.74) is 2.97. The highest BCUT2D eigenvalue weighted by Crippen LogP contribution is 2.30. The molecule has 36 heavy (non-hydrogen) atoms. The number of nitrogens with zero attached hydrogens (tertiary/aromatic N) is 3. The fourth-order valence-electron chi connectivity index (χ4n) is 4.33. The molecule has 1 aromatic carbocycles. The third kappa shape index (κ3) is 5.13. The van der Waals surface area contributed by atoms with E-state index in [4.69, 9.17) is 4.74 Å². The first-order valence-electron chi connectivity index (χ1n) is 11.7. The van der Waals surface area contributed by atoms with E-state index in [0.717, 1.165) is 33.5 Å². The molecule has 0 aliphatic carbocycles. The average Bonchev–Trinajstić information content (AvgIpc) is 3.31. The number of amides is 1. The van der Waals surface area contributed by atoms with Crippen LogP contribution >= 0.6 is 0 Å². The van der Waals surface area contributed by atoms with Crippen LogP contribution in [0.15, 0.2) is 53.7 Å². The van der Waals surface area contributed by atoms with Crippen LogP contribution in [0.25, 0.3) is 11.1 Å². The molecule has 1 saturated heterocycles. The van der Waals surface area contributed by atoms with Crippen molar-refractivity contribution in [2.45, 2.75) is 44.6 Å². The van der Waals surface area contributed by atoms with E-state index < -0.39 is 16.0 Å². The van der Waals surface area contributed by atoms with Crippen molar-refractivity contribution < 1.29 is 22.7 Å². The standard InChI is InChI=1S/C26H30N4O5S/c1-17-5-7-22(8-6-17)36(33,34)30-16-20(13-24(30)26(32)35-4)23-14-25(27-15-18(23)2)28-21-9-11-29(12-10-21)19(3)31/h5-8,13-16,21H,9-12H2,1-4H3,(H,27,28). The number of benzene rings is 1. The van der Waals surface area contributed by atoms with Crippen molar-refractivity contribution in [3.63, 3.8) is 0 Å². The number of nitrogens with one attached hydrogen (secondary N) is 1. The average molecular weight is 511 g/mol. The van der Waals surface area contributed by atoms with Gasteiger partial charge in [-0.1, -0.05) is 17.7 Å². The molecule has 1 amide bonds. The van der Waals surface area contributed by atoms with Gasteiger partial charge in [-0.2, -0.15) is 0 Å². The molecule has 3 heterocycles. The second kappa shape index (κ2) is 10.1. The maximum Gasteiger partial charge on any atom is 0.355 e. The molecule has 10 heteroatoms. The number of carbonyl (C=O) groups is 2. The normalized spacial score (nSPS) is 14.5. The molecule has 190 valence electrons. The summed E-state index contributed by atoms with van der Waals surface area (Å²) in [5, 5.41) is 3.43. The van der Waals surface area contributed by atoms with Crippen molar-refractivity contribution in [2.75, 3.05) is 25.5 Å². The largest absolute Gasteiger partial charge is 0.464 e. The molecule has 3 aromatic rings. The third-order valence-corrected chi connectivity index (χ3v) is 8.15. The molecule has 0 atom stereocenters. The number of piperidine rings is 1. The van der Waals surface area contributed by atoms with Crippen molar-refractivity contribution >= 4 is 27.7 Å². The minimum Gasteiger partial charge on any atom is -0.464 e. The Morgan fingerprint density at radius 2 is 1.75 bits per heavy atom. The van der Waals surface area contributed by atoms with Crippen LogP contribution < -0.4 is 5.32 Å². The number of ether oxygens (including phenoxy) is 1. The number of aromatic nitrogens is 2. The lowest BCUT2D eigenvalue weighted by molar-refractivity contribution is -0.129. The van der Waals surface area contributed by atoms with Gasteiger partial charge < -0.3 is 15.0 Å². The molecule has 0 unspecified atom stereocenters. The zero-order chi connectivity index (χ0) is 26.0. The third-order valence-electron chi connectivity index (χ3n) is 6.46. The van der Waals surface area contributed by atoms with E-state index in [0.29, 0.717) is 24.5 Å². The zero-order valence-corrected chi connectivity index (χ0v) is 21.6. The number of likely N-dealkylation sites (tertiary alicyclic amines) is 1. The Kier molecular flexibility index (Phi) is 7.16. The Bertz CT molecular complexity index is 1390. The molecule has 0 bridgehead atoms. The Labute approximate surface area is 211 Å². The molecule has 1 aliphatic rings. The van der Waals surface area contributed by atoms with E-state index in [2.05, 4.69) is 10.3 Å². The van der Waals surface area contributed by atoms with Gasteiger partial charge in [0.15, 0.2) is 0 Å². The van der Waals surface area contributed by atoms with Gasteiger partial charge in [-0.25, -0.2) is 22.2 Å². The van der Waals surface area contributed by atoms with E-state index in [1.165, 1.54) is 31.5 Å². The first-order valence-corrected chi connectivity index (χ1v) is 13.2. The van der Waals surface area contributed by atoms with Gasteiger partial charge in [0.25, 0.3) is 10.0 Å². The second-order valence-electron chi connectivity index (χ2n) is 9.03. The molecule has 1 N–H and O–H groups in total. The van der Waals surface area contributed by atoms with Crippen molar-refractivity contribution in [3.8, 4) is 11.1 Å². The van der Waals surface area contributed by atoms with Crippen molar-refractivity contribution in [3.05, 3.63) is 65.6 Å². The summed E-state index contributed by atoms with van der Waals surface area (Å²) >= 11 is 0. The number of anilines is 1. The minimum atomic E-state index is -4.03.